The molecule has 2 aromatic heterocycles. The Morgan fingerprint density at radius 1 is 1.24 bits per heavy atom. The first-order chi connectivity index (χ1) is 8.27. The normalized spacial score (nSPS) is 17.7. The van der Waals surface area contributed by atoms with E-state index in [-0.39, 0.29) is 0 Å². The number of hydrogen-bond acceptors (Lipinski definition) is 2. The Kier molecular flexibility index (Phi) is 2.54. The van der Waals surface area contributed by atoms with Crippen LogP contribution in [0.15, 0.2) is 18.2 Å². The molecule has 0 spiro atoms. The first kappa shape index (κ1) is 10.6. The van der Waals surface area contributed by atoms with E-state index < -0.39 is 0 Å². The third kappa shape index (κ3) is 1.70. The summed E-state index contributed by atoms with van der Waals surface area (Å²) in [5, 5.41) is 0. The Hall–Kier alpha value is -1.51. The number of pyridine rings is 1. The molecule has 1 saturated carbocycles. The van der Waals surface area contributed by atoms with E-state index in [2.05, 4.69) is 17.4 Å². The molecular weight excluding hydrogens is 210 g/mol. The van der Waals surface area contributed by atoms with Gasteiger partial charge in [-0.25, -0.2) is 4.98 Å². The maximum atomic E-state index is 6.27. The fourth-order valence-electron chi connectivity index (χ4n) is 2.98. The molecule has 3 rings (SSSR count). The molecule has 0 saturated heterocycles. The molecule has 0 atom stereocenters. The van der Waals surface area contributed by atoms with E-state index in [0.29, 0.717) is 5.92 Å². The van der Waals surface area contributed by atoms with Crippen LogP contribution in [0, 0.1) is 6.92 Å². The molecular formula is C14H19N3. The van der Waals surface area contributed by atoms with Crippen LogP contribution in [-0.4, -0.2) is 9.38 Å². The second kappa shape index (κ2) is 4.06. The number of aryl methyl sites for hydroxylation is 1. The number of nitrogen functional groups attached to an aromatic ring is 1. The summed E-state index contributed by atoms with van der Waals surface area (Å²) in [7, 11) is 0. The molecule has 2 heterocycles. The Balaban J connectivity index is 2.10. The van der Waals surface area contributed by atoms with E-state index in [0.717, 1.165) is 22.9 Å². The Bertz CT molecular complexity index is 536. The molecule has 1 aliphatic rings. The van der Waals surface area contributed by atoms with Crippen molar-refractivity contribution in [3.63, 3.8) is 0 Å². The van der Waals surface area contributed by atoms with Crippen molar-refractivity contribution in [2.75, 3.05) is 5.73 Å². The summed E-state index contributed by atoms with van der Waals surface area (Å²) in [5.41, 5.74) is 9.55. The van der Waals surface area contributed by atoms with Gasteiger partial charge in [-0.15, -0.1) is 0 Å². The zero-order chi connectivity index (χ0) is 11.8. The Morgan fingerprint density at radius 2 is 2.00 bits per heavy atom. The smallest absolute Gasteiger partial charge is 0.138 e. The molecule has 17 heavy (non-hydrogen) atoms. The number of fused-ring (bicyclic) bond motifs is 1. The van der Waals surface area contributed by atoms with Gasteiger partial charge < -0.3 is 5.73 Å². The summed E-state index contributed by atoms with van der Waals surface area (Å²) in [5.74, 6) is 1.42. The highest BCUT2D eigenvalue weighted by Crippen LogP contribution is 2.35. The number of anilines is 1. The number of aromatic nitrogens is 2. The molecule has 0 aromatic carbocycles. The summed E-state index contributed by atoms with van der Waals surface area (Å²) in [6.07, 6.45) is 6.48. The maximum absolute atomic E-state index is 6.27. The molecule has 2 N–H and O–H groups in total. The average Bonchev–Trinajstić information content (AvgIpc) is 2.69. The fraction of sp³-hybridized carbons (Fsp3) is 0.500. The molecule has 2 aromatic rings. The largest absolute Gasteiger partial charge is 0.383 e. The van der Waals surface area contributed by atoms with Gasteiger partial charge in [0.25, 0.3) is 0 Å². The van der Waals surface area contributed by atoms with Crippen LogP contribution in [0.2, 0.25) is 0 Å². The fourth-order valence-corrected chi connectivity index (χ4v) is 2.98. The highest BCUT2D eigenvalue weighted by Gasteiger charge is 2.22. The summed E-state index contributed by atoms with van der Waals surface area (Å²) in [6, 6.07) is 6.16. The summed E-state index contributed by atoms with van der Waals surface area (Å²) in [4.78, 5) is 4.73. The summed E-state index contributed by atoms with van der Waals surface area (Å²) in [6.45, 7) is 2.08. The van der Waals surface area contributed by atoms with E-state index in [9.17, 15) is 0 Å². The van der Waals surface area contributed by atoms with E-state index in [1.54, 1.807) is 0 Å². The lowest BCUT2D eigenvalue weighted by molar-refractivity contribution is 0.439. The van der Waals surface area contributed by atoms with Crippen molar-refractivity contribution in [2.24, 2.45) is 0 Å². The molecule has 3 heteroatoms. The highest BCUT2D eigenvalue weighted by molar-refractivity contribution is 5.55. The van der Waals surface area contributed by atoms with Gasteiger partial charge in [0.05, 0.1) is 5.69 Å². The highest BCUT2D eigenvalue weighted by atomic mass is 15.1. The van der Waals surface area contributed by atoms with Gasteiger partial charge in [-0.2, -0.15) is 0 Å². The van der Waals surface area contributed by atoms with Gasteiger partial charge in [0.1, 0.15) is 11.5 Å². The molecule has 0 amide bonds. The minimum atomic E-state index is 0.572. The second-order valence-corrected chi connectivity index (χ2v) is 5.08. The van der Waals surface area contributed by atoms with Crippen LogP contribution in [0.1, 0.15) is 49.4 Å². The van der Waals surface area contributed by atoms with Crippen molar-refractivity contribution in [1.82, 2.24) is 9.38 Å². The first-order valence-corrected chi connectivity index (χ1v) is 6.51. The molecule has 3 nitrogen and oxygen atoms in total. The van der Waals surface area contributed by atoms with Crippen LogP contribution in [-0.2, 0) is 0 Å². The lowest BCUT2D eigenvalue weighted by atomic mass is 9.87. The standard InChI is InChI=1S/C14H19N3/c1-10-6-5-9-12-16-13(14(15)17(10)12)11-7-3-2-4-8-11/h5-6,9,11H,2-4,7-8,15H2,1H3. The number of imidazole rings is 1. The molecule has 0 radical (unpaired) electrons. The molecule has 1 fully saturated rings. The van der Waals surface area contributed by atoms with Gasteiger partial charge >= 0.3 is 0 Å². The lowest BCUT2D eigenvalue weighted by Gasteiger charge is -2.20. The monoisotopic (exact) mass is 229 g/mol. The zero-order valence-electron chi connectivity index (χ0n) is 10.3. The average molecular weight is 229 g/mol. The quantitative estimate of drug-likeness (QED) is 0.815. The van der Waals surface area contributed by atoms with Crippen LogP contribution >= 0.6 is 0 Å². The van der Waals surface area contributed by atoms with Gasteiger partial charge in [0.15, 0.2) is 0 Å². The number of hydrogen-bond donors (Lipinski definition) is 1. The predicted molar refractivity (Wildman–Crippen MR) is 70.2 cm³/mol. The summed E-state index contributed by atoms with van der Waals surface area (Å²) >= 11 is 0. The molecule has 1 aliphatic carbocycles. The SMILES string of the molecule is Cc1cccc2nc(C3CCCCC3)c(N)n12. The van der Waals surface area contributed by atoms with Gasteiger partial charge in [-0.1, -0.05) is 25.3 Å². The second-order valence-electron chi connectivity index (χ2n) is 5.08. The van der Waals surface area contributed by atoms with Gasteiger partial charge in [-0.05, 0) is 31.9 Å². The van der Waals surface area contributed by atoms with Crippen molar-refractivity contribution in [2.45, 2.75) is 44.9 Å². The van der Waals surface area contributed by atoms with Gasteiger partial charge in [0.2, 0.25) is 0 Å². The lowest BCUT2D eigenvalue weighted by Crippen LogP contribution is -2.08. The minimum Gasteiger partial charge on any atom is -0.383 e. The van der Waals surface area contributed by atoms with Crippen LogP contribution in [0.25, 0.3) is 5.65 Å². The summed E-state index contributed by atoms with van der Waals surface area (Å²) < 4.78 is 2.07. The maximum Gasteiger partial charge on any atom is 0.138 e. The van der Waals surface area contributed by atoms with Crippen LogP contribution in [0.5, 0.6) is 0 Å². The Labute approximate surface area is 102 Å². The zero-order valence-corrected chi connectivity index (χ0v) is 10.3. The van der Waals surface area contributed by atoms with E-state index >= 15 is 0 Å². The van der Waals surface area contributed by atoms with Gasteiger partial charge in [-0.3, -0.25) is 4.40 Å². The van der Waals surface area contributed by atoms with E-state index in [4.69, 9.17) is 10.7 Å². The van der Waals surface area contributed by atoms with Crippen molar-refractivity contribution in [1.29, 1.82) is 0 Å². The van der Waals surface area contributed by atoms with Gasteiger partial charge in [0, 0.05) is 11.6 Å². The van der Waals surface area contributed by atoms with Crippen molar-refractivity contribution in [3.05, 3.63) is 29.6 Å². The van der Waals surface area contributed by atoms with E-state index in [1.165, 1.54) is 32.1 Å². The molecule has 0 bridgehead atoms. The van der Waals surface area contributed by atoms with Crippen molar-refractivity contribution in [3.8, 4) is 0 Å². The van der Waals surface area contributed by atoms with Crippen molar-refractivity contribution < 1.29 is 0 Å². The third-order valence-corrected chi connectivity index (χ3v) is 3.89. The van der Waals surface area contributed by atoms with Crippen LogP contribution < -0.4 is 5.73 Å². The molecule has 0 aliphatic heterocycles. The van der Waals surface area contributed by atoms with Crippen molar-refractivity contribution >= 4 is 11.5 Å². The van der Waals surface area contributed by atoms with E-state index in [1.807, 2.05) is 12.1 Å². The third-order valence-electron chi connectivity index (χ3n) is 3.89. The topological polar surface area (TPSA) is 43.3 Å². The number of nitrogens with zero attached hydrogens (tertiary/aromatic N) is 2. The molecule has 90 valence electrons. The minimum absolute atomic E-state index is 0.572. The molecule has 0 unspecified atom stereocenters. The number of rotatable bonds is 1. The predicted octanol–water partition coefficient (Wildman–Crippen LogP) is 3.27. The first-order valence-electron chi connectivity index (χ1n) is 6.51. The van der Waals surface area contributed by atoms with Crippen LogP contribution in [0.4, 0.5) is 5.82 Å². The van der Waals surface area contributed by atoms with Crippen LogP contribution in [0.3, 0.4) is 0 Å². The number of nitrogens with two attached hydrogens (primary N) is 1. The Morgan fingerprint density at radius 3 is 2.71 bits per heavy atom.